The van der Waals surface area contributed by atoms with Crippen molar-refractivity contribution in [2.45, 2.75) is 52.7 Å². The molecule has 0 fully saturated rings. The standard InChI is InChI=1S/C18H24N4/c1-12(2)19-18-20-13(3)9-17(21-18)22-11-16-8-6-5-7-15(16)10-14(22)4/h5-9,12,14H,10-11H2,1-4H3,(H,19,20,21)/t14-/m1/s1. The highest BCUT2D eigenvalue weighted by molar-refractivity contribution is 5.49. The topological polar surface area (TPSA) is 41.1 Å². The molecule has 116 valence electrons. The minimum atomic E-state index is 0.328. The van der Waals surface area contributed by atoms with E-state index in [1.165, 1.54) is 11.1 Å². The molecule has 0 amide bonds. The summed E-state index contributed by atoms with van der Waals surface area (Å²) in [5.41, 5.74) is 3.85. The second-order valence-corrected chi connectivity index (χ2v) is 6.44. The van der Waals surface area contributed by atoms with E-state index in [1.54, 1.807) is 0 Å². The third kappa shape index (κ3) is 3.06. The highest BCUT2D eigenvalue weighted by Gasteiger charge is 2.24. The molecule has 0 radical (unpaired) electrons. The average molecular weight is 296 g/mol. The Labute approximate surface area is 132 Å². The van der Waals surface area contributed by atoms with Gasteiger partial charge in [0.2, 0.25) is 5.95 Å². The monoisotopic (exact) mass is 296 g/mol. The first kappa shape index (κ1) is 14.8. The van der Waals surface area contributed by atoms with E-state index in [9.17, 15) is 0 Å². The van der Waals surface area contributed by atoms with Gasteiger partial charge in [0.15, 0.2) is 0 Å². The Morgan fingerprint density at radius 1 is 1.18 bits per heavy atom. The number of nitrogens with zero attached hydrogens (tertiary/aromatic N) is 3. The van der Waals surface area contributed by atoms with Crippen LogP contribution in [0.5, 0.6) is 0 Å². The summed E-state index contributed by atoms with van der Waals surface area (Å²) in [6, 6.07) is 11.5. The van der Waals surface area contributed by atoms with Gasteiger partial charge in [-0.3, -0.25) is 0 Å². The van der Waals surface area contributed by atoms with Crippen molar-refractivity contribution in [2.24, 2.45) is 0 Å². The van der Waals surface area contributed by atoms with Gasteiger partial charge in [0.1, 0.15) is 5.82 Å². The fourth-order valence-electron chi connectivity index (χ4n) is 3.01. The van der Waals surface area contributed by atoms with Gasteiger partial charge < -0.3 is 10.2 Å². The van der Waals surface area contributed by atoms with Gasteiger partial charge in [-0.1, -0.05) is 24.3 Å². The van der Waals surface area contributed by atoms with Gasteiger partial charge >= 0.3 is 0 Å². The molecule has 1 aliphatic heterocycles. The number of hydrogen-bond acceptors (Lipinski definition) is 4. The van der Waals surface area contributed by atoms with Gasteiger partial charge in [0.05, 0.1) is 0 Å². The molecule has 0 unspecified atom stereocenters. The lowest BCUT2D eigenvalue weighted by Crippen LogP contribution is -2.39. The van der Waals surface area contributed by atoms with Crippen LogP contribution in [0.3, 0.4) is 0 Å². The van der Waals surface area contributed by atoms with Gasteiger partial charge in [-0.05, 0) is 45.2 Å². The molecule has 4 nitrogen and oxygen atoms in total. The van der Waals surface area contributed by atoms with Gasteiger partial charge in [-0.2, -0.15) is 4.98 Å². The molecule has 1 aromatic heterocycles. The van der Waals surface area contributed by atoms with E-state index in [-0.39, 0.29) is 0 Å². The van der Waals surface area contributed by atoms with Crippen molar-refractivity contribution >= 4 is 11.8 Å². The van der Waals surface area contributed by atoms with E-state index < -0.39 is 0 Å². The van der Waals surface area contributed by atoms with E-state index >= 15 is 0 Å². The maximum Gasteiger partial charge on any atom is 0.225 e. The first-order valence-electron chi connectivity index (χ1n) is 7.98. The Morgan fingerprint density at radius 3 is 2.64 bits per heavy atom. The Kier molecular flexibility index (Phi) is 4.01. The third-order valence-corrected chi connectivity index (χ3v) is 4.06. The zero-order valence-corrected chi connectivity index (χ0v) is 13.8. The molecule has 2 heterocycles. The molecular weight excluding hydrogens is 272 g/mol. The van der Waals surface area contributed by atoms with Crippen LogP contribution in [0, 0.1) is 6.92 Å². The summed E-state index contributed by atoms with van der Waals surface area (Å²) in [6.45, 7) is 9.41. The normalized spacial score (nSPS) is 17.5. The molecule has 0 aliphatic carbocycles. The fraction of sp³-hybridized carbons (Fsp3) is 0.444. The molecule has 1 N–H and O–H groups in total. The first-order valence-corrected chi connectivity index (χ1v) is 7.98. The predicted molar refractivity (Wildman–Crippen MR) is 91.3 cm³/mol. The van der Waals surface area contributed by atoms with E-state index in [2.05, 4.69) is 66.3 Å². The number of fused-ring (bicyclic) bond motifs is 1. The van der Waals surface area contributed by atoms with Crippen LogP contribution in [0.2, 0.25) is 0 Å². The van der Waals surface area contributed by atoms with Crippen molar-refractivity contribution in [3.8, 4) is 0 Å². The number of anilines is 2. The van der Waals surface area contributed by atoms with E-state index in [4.69, 9.17) is 4.98 Å². The fourth-order valence-corrected chi connectivity index (χ4v) is 3.01. The SMILES string of the molecule is Cc1cc(N2Cc3ccccc3C[C@H]2C)nc(NC(C)C)n1. The number of benzene rings is 1. The molecule has 2 aromatic rings. The van der Waals surface area contributed by atoms with Gasteiger partial charge in [-0.25, -0.2) is 4.98 Å². The summed E-state index contributed by atoms with van der Waals surface area (Å²) >= 11 is 0. The highest BCUT2D eigenvalue weighted by Crippen LogP contribution is 2.28. The summed E-state index contributed by atoms with van der Waals surface area (Å²) < 4.78 is 0. The summed E-state index contributed by atoms with van der Waals surface area (Å²) in [7, 11) is 0. The maximum absolute atomic E-state index is 4.72. The largest absolute Gasteiger partial charge is 0.352 e. The number of aryl methyl sites for hydroxylation is 1. The predicted octanol–water partition coefficient (Wildman–Crippen LogP) is 3.56. The zero-order valence-electron chi connectivity index (χ0n) is 13.8. The second-order valence-electron chi connectivity index (χ2n) is 6.44. The van der Waals surface area contributed by atoms with Gasteiger partial charge in [0, 0.05) is 30.4 Å². The Bertz CT molecular complexity index is 666. The first-order chi connectivity index (χ1) is 10.5. The lowest BCUT2D eigenvalue weighted by molar-refractivity contribution is 0.586. The lowest BCUT2D eigenvalue weighted by atomic mass is 9.95. The molecule has 0 saturated carbocycles. The zero-order chi connectivity index (χ0) is 15.7. The second kappa shape index (κ2) is 5.95. The van der Waals surface area contributed by atoms with Crippen molar-refractivity contribution in [3.63, 3.8) is 0 Å². The van der Waals surface area contributed by atoms with Crippen LogP contribution in [0.4, 0.5) is 11.8 Å². The third-order valence-electron chi connectivity index (χ3n) is 4.06. The van der Waals surface area contributed by atoms with Crippen molar-refractivity contribution in [3.05, 3.63) is 47.2 Å². The van der Waals surface area contributed by atoms with Crippen LogP contribution < -0.4 is 10.2 Å². The molecule has 0 saturated heterocycles. The summed E-state index contributed by atoms with van der Waals surface area (Å²) in [5.74, 6) is 1.73. The van der Waals surface area contributed by atoms with E-state index in [0.29, 0.717) is 12.1 Å². The maximum atomic E-state index is 4.72. The van der Waals surface area contributed by atoms with E-state index in [1.807, 2.05) is 6.92 Å². The van der Waals surface area contributed by atoms with Crippen LogP contribution in [0.15, 0.2) is 30.3 Å². The van der Waals surface area contributed by atoms with Gasteiger partial charge in [-0.15, -0.1) is 0 Å². The van der Waals surface area contributed by atoms with Crippen LogP contribution in [0.1, 0.15) is 37.6 Å². The summed E-state index contributed by atoms with van der Waals surface area (Å²) in [4.78, 5) is 11.6. The molecule has 1 atom stereocenters. The van der Waals surface area contributed by atoms with E-state index in [0.717, 1.165) is 30.4 Å². The molecule has 1 aliphatic rings. The summed E-state index contributed by atoms with van der Waals surface area (Å²) in [6.07, 6.45) is 1.06. The van der Waals surface area contributed by atoms with Crippen molar-refractivity contribution in [2.75, 3.05) is 10.2 Å². The Hall–Kier alpha value is -2.10. The summed E-state index contributed by atoms with van der Waals surface area (Å²) in [5, 5.41) is 3.31. The van der Waals surface area contributed by atoms with Crippen LogP contribution >= 0.6 is 0 Å². The smallest absolute Gasteiger partial charge is 0.225 e. The molecular formula is C18H24N4. The molecule has 22 heavy (non-hydrogen) atoms. The number of aromatic nitrogens is 2. The quantitative estimate of drug-likeness (QED) is 0.940. The van der Waals surface area contributed by atoms with Crippen LogP contribution in [-0.2, 0) is 13.0 Å². The van der Waals surface area contributed by atoms with Gasteiger partial charge in [0.25, 0.3) is 0 Å². The van der Waals surface area contributed by atoms with Crippen molar-refractivity contribution < 1.29 is 0 Å². The molecule has 0 spiro atoms. The van der Waals surface area contributed by atoms with Crippen LogP contribution in [-0.4, -0.2) is 22.1 Å². The number of rotatable bonds is 3. The minimum absolute atomic E-state index is 0.328. The minimum Gasteiger partial charge on any atom is -0.352 e. The van der Waals surface area contributed by atoms with Crippen molar-refractivity contribution in [1.82, 2.24) is 9.97 Å². The Morgan fingerprint density at radius 2 is 1.91 bits per heavy atom. The molecule has 1 aromatic carbocycles. The number of hydrogen-bond donors (Lipinski definition) is 1. The molecule has 0 bridgehead atoms. The molecule has 4 heteroatoms. The average Bonchev–Trinajstić information content (AvgIpc) is 2.45. The number of nitrogens with one attached hydrogen (secondary N) is 1. The highest BCUT2D eigenvalue weighted by atomic mass is 15.2. The van der Waals surface area contributed by atoms with Crippen LogP contribution in [0.25, 0.3) is 0 Å². The molecule has 3 rings (SSSR count). The Balaban J connectivity index is 1.92. The van der Waals surface area contributed by atoms with Crippen molar-refractivity contribution in [1.29, 1.82) is 0 Å². The lowest BCUT2D eigenvalue weighted by Gasteiger charge is -2.36.